The van der Waals surface area contributed by atoms with Crippen molar-refractivity contribution in [1.82, 2.24) is 9.88 Å². The van der Waals surface area contributed by atoms with Crippen molar-refractivity contribution in [2.45, 2.75) is 11.9 Å². The number of aromatic nitrogens is 1. The lowest BCUT2D eigenvalue weighted by molar-refractivity contribution is -0.128. The molecule has 1 fully saturated rings. The average molecular weight is 270 g/mol. The first-order valence-corrected chi connectivity index (χ1v) is 7.24. The number of pyridine rings is 1. The fraction of sp³-hybridized carbons (Fsp3) is 0.200. The van der Waals surface area contributed by atoms with E-state index in [-0.39, 0.29) is 11.3 Å². The Bertz CT molecular complexity index is 559. The third kappa shape index (κ3) is 2.63. The maximum absolute atomic E-state index is 12.0. The van der Waals surface area contributed by atoms with Gasteiger partial charge in [-0.3, -0.25) is 9.78 Å². The number of hydrogen-bond donors (Lipinski definition) is 0. The molecule has 1 saturated heterocycles. The first-order chi connectivity index (χ1) is 9.34. The van der Waals surface area contributed by atoms with Gasteiger partial charge in [0.1, 0.15) is 5.37 Å². The molecule has 0 spiro atoms. The van der Waals surface area contributed by atoms with E-state index < -0.39 is 0 Å². The number of carbonyl (C=O) groups is 1. The van der Waals surface area contributed by atoms with Gasteiger partial charge in [-0.15, -0.1) is 11.8 Å². The molecule has 1 aliphatic heterocycles. The predicted octanol–water partition coefficient (Wildman–Crippen LogP) is 2.86. The van der Waals surface area contributed by atoms with E-state index in [9.17, 15) is 4.79 Å². The second-order valence-corrected chi connectivity index (χ2v) is 5.53. The number of carbonyl (C=O) groups excluding carboxylic acids is 1. The van der Waals surface area contributed by atoms with Crippen LogP contribution in [0.15, 0.2) is 54.9 Å². The van der Waals surface area contributed by atoms with Crippen molar-refractivity contribution in [3.63, 3.8) is 0 Å². The molecular weight excluding hydrogens is 256 g/mol. The highest BCUT2D eigenvalue weighted by atomic mass is 32.2. The maximum Gasteiger partial charge on any atom is 0.234 e. The molecule has 96 valence electrons. The second-order valence-electron chi connectivity index (χ2n) is 4.46. The standard InChI is InChI=1S/C15H14N2OS/c18-14-11-19-15(13-7-4-8-16-9-13)17(14)10-12-5-2-1-3-6-12/h1-9,15H,10-11H2/t15-/m1/s1. The van der Waals surface area contributed by atoms with Crippen LogP contribution in [0.25, 0.3) is 0 Å². The van der Waals surface area contributed by atoms with Crippen LogP contribution in [-0.2, 0) is 11.3 Å². The molecule has 1 atom stereocenters. The minimum Gasteiger partial charge on any atom is -0.321 e. The van der Waals surface area contributed by atoms with Crippen LogP contribution in [0.2, 0.25) is 0 Å². The molecular formula is C15H14N2OS. The van der Waals surface area contributed by atoms with Crippen LogP contribution in [0, 0.1) is 0 Å². The van der Waals surface area contributed by atoms with Gasteiger partial charge in [-0.25, -0.2) is 0 Å². The maximum atomic E-state index is 12.0. The Morgan fingerprint density at radius 3 is 2.79 bits per heavy atom. The Labute approximate surface area is 116 Å². The molecule has 1 amide bonds. The predicted molar refractivity (Wildman–Crippen MR) is 76.4 cm³/mol. The molecule has 0 bridgehead atoms. The zero-order valence-electron chi connectivity index (χ0n) is 10.4. The molecule has 4 heteroatoms. The minimum absolute atomic E-state index is 0.0846. The first-order valence-electron chi connectivity index (χ1n) is 6.19. The van der Waals surface area contributed by atoms with E-state index in [4.69, 9.17) is 0 Å². The first kappa shape index (κ1) is 12.2. The number of hydrogen-bond acceptors (Lipinski definition) is 3. The molecule has 0 radical (unpaired) electrons. The topological polar surface area (TPSA) is 33.2 Å². The molecule has 2 aromatic rings. The Kier molecular flexibility index (Phi) is 3.51. The molecule has 0 unspecified atom stereocenters. The number of benzene rings is 1. The monoisotopic (exact) mass is 270 g/mol. The SMILES string of the molecule is O=C1CS[C@H](c2cccnc2)N1Cc1ccccc1. The van der Waals surface area contributed by atoms with E-state index in [0.29, 0.717) is 12.3 Å². The molecule has 0 aliphatic carbocycles. The van der Waals surface area contributed by atoms with Gasteiger partial charge in [-0.05, 0) is 11.6 Å². The van der Waals surface area contributed by atoms with Crippen LogP contribution in [0.3, 0.4) is 0 Å². The summed E-state index contributed by atoms with van der Waals surface area (Å²) in [6.07, 6.45) is 3.60. The quantitative estimate of drug-likeness (QED) is 0.860. The summed E-state index contributed by atoms with van der Waals surface area (Å²) in [6, 6.07) is 14.0. The zero-order valence-corrected chi connectivity index (χ0v) is 11.2. The lowest BCUT2D eigenvalue weighted by Crippen LogP contribution is -2.27. The van der Waals surface area contributed by atoms with Gasteiger partial charge < -0.3 is 4.90 Å². The fourth-order valence-corrected chi connectivity index (χ4v) is 3.37. The van der Waals surface area contributed by atoms with E-state index in [1.54, 1.807) is 18.0 Å². The molecule has 0 saturated carbocycles. The van der Waals surface area contributed by atoms with Crippen molar-refractivity contribution < 1.29 is 4.79 Å². The summed E-state index contributed by atoms with van der Waals surface area (Å²) in [5, 5.41) is 0.0846. The highest BCUT2D eigenvalue weighted by Crippen LogP contribution is 2.39. The Hall–Kier alpha value is -1.81. The van der Waals surface area contributed by atoms with Crippen LogP contribution in [0.4, 0.5) is 0 Å². The van der Waals surface area contributed by atoms with Gasteiger partial charge in [0.05, 0.1) is 5.75 Å². The Balaban J connectivity index is 1.83. The van der Waals surface area contributed by atoms with E-state index in [1.807, 2.05) is 41.4 Å². The average Bonchev–Trinajstić information content (AvgIpc) is 2.82. The number of amides is 1. The zero-order chi connectivity index (χ0) is 13.1. The van der Waals surface area contributed by atoms with E-state index in [0.717, 1.165) is 11.1 Å². The molecule has 2 heterocycles. The summed E-state index contributed by atoms with van der Waals surface area (Å²) in [6.45, 7) is 0.659. The van der Waals surface area contributed by atoms with Crippen LogP contribution in [0.5, 0.6) is 0 Å². The highest BCUT2D eigenvalue weighted by Gasteiger charge is 2.32. The third-order valence-electron chi connectivity index (χ3n) is 3.13. The van der Waals surface area contributed by atoms with Gasteiger partial charge in [0.25, 0.3) is 0 Å². The van der Waals surface area contributed by atoms with E-state index in [2.05, 4.69) is 17.1 Å². The van der Waals surface area contributed by atoms with Gasteiger partial charge in [-0.2, -0.15) is 0 Å². The molecule has 1 aromatic carbocycles. The minimum atomic E-state index is 0.0846. The highest BCUT2D eigenvalue weighted by molar-refractivity contribution is 8.00. The summed E-state index contributed by atoms with van der Waals surface area (Å²) in [4.78, 5) is 18.1. The Morgan fingerprint density at radius 2 is 2.05 bits per heavy atom. The molecule has 3 nitrogen and oxygen atoms in total. The van der Waals surface area contributed by atoms with E-state index in [1.165, 1.54) is 0 Å². The van der Waals surface area contributed by atoms with Gasteiger partial charge in [0.2, 0.25) is 5.91 Å². The summed E-state index contributed by atoms with van der Waals surface area (Å²) in [7, 11) is 0. The molecule has 0 N–H and O–H groups in total. The van der Waals surface area contributed by atoms with Crippen molar-refractivity contribution in [1.29, 1.82) is 0 Å². The van der Waals surface area contributed by atoms with Gasteiger partial charge >= 0.3 is 0 Å². The molecule has 19 heavy (non-hydrogen) atoms. The molecule has 3 rings (SSSR count). The van der Waals surface area contributed by atoms with Crippen molar-refractivity contribution in [2.24, 2.45) is 0 Å². The van der Waals surface area contributed by atoms with Crippen molar-refractivity contribution in [2.75, 3.05) is 5.75 Å². The largest absolute Gasteiger partial charge is 0.321 e. The van der Waals surface area contributed by atoms with Gasteiger partial charge in [-0.1, -0.05) is 36.4 Å². The number of rotatable bonds is 3. The van der Waals surface area contributed by atoms with Crippen LogP contribution in [0.1, 0.15) is 16.5 Å². The third-order valence-corrected chi connectivity index (χ3v) is 4.39. The van der Waals surface area contributed by atoms with Crippen LogP contribution in [-0.4, -0.2) is 21.5 Å². The second kappa shape index (κ2) is 5.45. The van der Waals surface area contributed by atoms with Crippen LogP contribution < -0.4 is 0 Å². The lowest BCUT2D eigenvalue weighted by atomic mass is 10.2. The smallest absolute Gasteiger partial charge is 0.234 e. The van der Waals surface area contributed by atoms with E-state index >= 15 is 0 Å². The summed E-state index contributed by atoms with van der Waals surface area (Å²) < 4.78 is 0. The lowest BCUT2D eigenvalue weighted by Gasteiger charge is -2.24. The summed E-state index contributed by atoms with van der Waals surface area (Å²) in [5.41, 5.74) is 2.25. The fourth-order valence-electron chi connectivity index (χ4n) is 2.20. The summed E-state index contributed by atoms with van der Waals surface area (Å²) >= 11 is 1.67. The normalized spacial score (nSPS) is 18.8. The van der Waals surface area contributed by atoms with Crippen LogP contribution >= 0.6 is 11.8 Å². The van der Waals surface area contributed by atoms with Gasteiger partial charge in [0, 0.05) is 24.5 Å². The number of nitrogens with zero attached hydrogens (tertiary/aromatic N) is 2. The molecule has 1 aliphatic rings. The number of thioether (sulfide) groups is 1. The Morgan fingerprint density at radius 1 is 1.21 bits per heavy atom. The summed E-state index contributed by atoms with van der Waals surface area (Å²) in [5.74, 6) is 0.745. The van der Waals surface area contributed by atoms with Crippen molar-refractivity contribution in [3.8, 4) is 0 Å². The van der Waals surface area contributed by atoms with Gasteiger partial charge in [0.15, 0.2) is 0 Å². The molecule has 1 aromatic heterocycles. The van der Waals surface area contributed by atoms with Crippen molar-refractivity contribution in [3.05, 3.63) is 66.0 Å². The van der Waals surface area contributed by atoms with Crippen molar-refractivity contribution >= 4 is 17.7 Å².